The quantitative estimate of drug-likeness (QED) is 0.890. The third-order valence-corrected chi connectivity index (χ3v) is 3.97. The molecule has 1 aromatic rings. The molecule has 0 aromatic carbocycles. The maximum Gasteiger partial charge on any atom is 0.121 e. The highest BCUT2D eigenvalue weighted by molar-refractivity contribution is 5.11. The van der Waals surface area contributed by atoms with E-state index in [2.05, 4.69) is 36.3 Å². The van der Waals surface area contributed by atoms with E-state index in [1.807, 2.05) is 6.92 Å². The Labute approximate surface area is 111 Å². The molecule has 0 aliphatic carbocycles. The number of hydrogen-bond acceptors (Lipinski definition) is 3. The molecule has 0 amide bonds. The molecule has 2 unspecified atom stereocenters. The molecule has 1 N–H and O–H groups in total. The summed E-state index contributed by atoms with van der Waals surface area (Å²) in [5, 5.41) is 3.50. The van der Waals surface area contributed by atoms with Crippen LogP contribution in [0.5, 0.6) is 0 Å². The smallest absolute Gasteiger partial charge is 0.121 e. The van der Waals surface area contributed by atoms with Crippen LogP contribution in [0.2, 0.25) is 0 Å². The predicted molar refractivity (Wildman–Crippen MR) is 74.7 cm³/mol. The normalized spacial score (nSPS) is 26.2. The molecule has 18 heavy (non-hydrogen) atoms. The van der Waals surface area contributed by atoms with Crippen molar-refractivity contribution in [1.82, 2.24) is 10.2 Å². The third kappa shape index (κ3) is 3.15. The van der Waals surface area contributed by atoms with E-state index >= 15 is 0 Å². The second-order valence-corrected chi connectivity index (χ2v) is 5.44. The average molecular weight is 250 g/mol. The molecule has 0 bridgehead atoms. The number of aryl methyl sites for hydroxylation is 1. The Kier molecular flexibility index (Phi) is 4.84. The van der Waals surface area contributed by atoms with Crippen molar-refractivity contribution in [2.24, 2.45) is 5.92 Å². The van der Waals surface area contributed by atoms with Crippen LogP contribution in [0.1, 0.15) is 43.7 Å². The zero-order valence-electron chi connectivity index (χ0n) is 11.9. The minimum atomic E-state index is 0.431. The number of nitrogens with zero attached hydrogens (tertiary/aromatic N) is 1. The van der Waals surface area contributed by atoms with E-state index in [-0.39, 0.29) is 0 Å². The Morgan fingerprint density at radius 2 is 2.22 bits per heavy atom. The highest BCUT2D eigenvalue weighted by Gasteiger charge is 2.30. The summed E-state index contributed by atoms with van der Waals surface area (Å²) >= 11 is 0. The van der Waals surface area contributed by atoms with Gasteiger partial charge in [-0.1, -0.05) is 13.3 Å². The van der Waals surface area contributed by atoms with Crippen molar-refractivity contribution in [1.29, 1.82) is 0 Å². The summed E-state index contributed by atoms with van der Waals surface area (Å²) in [6.45, 7) is 7.51. The third-order valence-electron chi connectivity index (χ3n) is 3.97. The van der Waals surface area contributed by atoms with Gasteiger partial charge in [0, 0.05) is 0 Å². The van der Waals surface area contributed by atoms with Crippen molar-refractivity contribution >= 4 is 0 Å². The second kappa shape index (κ2) is 6.39. The first-order chi connectivity index (χ1) is 8.72. The summed E-state index contributed by atoms with van der Waals surface area (Å²) in [6.07, 6.45) is 3.92. The highest BCUT2D eigenvalue weighted by Crippen LogP contribution is 2.34. The molecule has 1 aliphatic heterocycles. The molecule has 1 fully saturated rings. The van der Waals surface area contributed by atoms with Crippen molar-refractivity contribution in [3.63, 3.8) is 0 Å². The fraction of sp³-hybridized carbons (Fsp3) is 0.733. The summed E-state index contributed by atoms with van der Waals surface area (Å²) in [4.78, 5) is 2.47. The lowest BCUT2D eigenvalue weighted by Gasteiger charge is -2.31. The van der Waals surface area contributed by atoms with Gasteiger partial charge in [0.15, 0.2) is 0 Å². The molecule has 0 saturated carbocycles. The molecule has 2 atom stereocenters. The summed E-state index contributed by atoms with van der Waals surface area (Å²) in [7, 11) is 2.23. The van der Waals surface area contributed by atoms with Crippen LogP contribution in [0.15, 0.2) is 16.5 Å². The summed E-state index contributed by atoms with van der Waals surface area (Å²) in [6, 6.07) is 4.67. The number of rotatable bonds is 4. The van der Waals surface area contributed by atoms with Gasteiger partial charge in [0.25, 0.3) is 0 Å². The minimum Gasteiger partial charge on any atom is -0.465 e. The maximum atomic E-state index is 5.89. The van der Waals surface area contributed by atoms with Crippen LogP contribution in [0, 0.1) is 12.8 Å². The van der Waals surface area contributed by atoms with Crippen LogP contribution >= 0.6 is 0 Å². The molecule has 1 aromatic heterocycles. The number of hydrogen-bond donors (Lipinski definition) is 1. The lowest BCUT2D eigenvalue weighted by atomic mass is 9.93. The standard InChI is InChI=1S/C15H26N2O/c1-4-16-11-13-7-5-6-10-17(3)15(13)14-9-8-12(2)18-14/h8-9,13,15-16H,4-7,10-11H2,1-3H3. The van der Waals surface area contributed by atoms with Gasteiger partial charge in [0.1, 0.15) is 11.5 Å². The molecule has 0 spiro atoms. The lowest BCUT2D eigenvalue weighted by molar-refractivity contribution is 0.162. The van der Waals surface area contributed by atoms with Crippen molar-refractivity contribution in [3.05, 3.63) is 23.7 Å². The van der Waals surface area contributed by atoms with Gasteiger partial charge in [-0.2, -0.15) is 0 Å². The average Bonchev–Trinajstić information content (AvgIpc) is 2.68. The van der Waals surface area contributed by atoms with E-state index in [0.29, 0.717) is 12.0 Å². The molecule has 0 radical (unpaired) electrons. The van der Waals surface area contributed by atoms with Gasteiger partial charge in [-0.05, 0) is 64.5 Å². The highest BCUT2D eigenvalue weighted by atomic mass is 16.3. The van der Waals surface area contributed by atoms with Crippen LogP contribution in [-0.2, 0) is 0 Å². The van der Waals surface area contributed by atoms with E-state index in [1.54, 1.807) is 0 Å². The van der Waals surface area contributed by atoms with Gasteiger partial charge in [0.2, 0.25) is 0 Å². The summed E-state index contributed by atoms with van der Waals surface area (Å²) in [5.74, 6) is 2.81. The molecule has 2 heterocycles. The monoisotopic (exact) mass is 250 g/mol. The van der Waals surface area contributed by atoms with Gasteiger partial charge in [-0.3, -0.25) is 4.90 Å². The number of nitrogens with one attached hydrogen (secondary N) is 1. The fourth-order valence-electron chi connectivity index (χ4n) is 3.03. The van der Waals surface area contributed by atoms with Crippen molar-refractivity contribution in [2.75, 3.05) is 26.7 Å². The number of furan rings is 1. The Balaban J connectivity index is 2.17. The molecule has 2 rings (SSSR count). The lowest BCUT2D eigenvalue weighted by Crippen LogP contribution is -2.34. The number of likely N-dealkylation sites (tertiary alicyclic amines) is 1. The van der Waals surface area contributed by atoms with Crippen LogP contribution in [0.4, 0.5) is 0 Å². The molecular formula is C15H26N2O. The Bertz CT molecular complexity index is 361. The van der Waals surface area contributed by atoms with Gasteiger partial charge >= 0.3 is 0 Å². The summed E-state index contributed by atoms with van der Waals surface area (Å²) < 4.78 is 5.89. The van der Waals surface area contributed by atoms with E-state index in [4.69, 9.17) is 4.42 Å². The van der Waals surface area contributed by atoms with Crippen molar-refractivity contribution in [3.8, 4) is 0 Å². The first-order valence-corrected chi connectivity index (χ1v) is 7.19. The molecular weight excluding hydrogens is 224 g/mol. The van der Waals surface area contributed by atoms with E-state index in [9.17, 15) is 0 Å². The van der Waals surface area contributed by atoms with Crippen LogP contribution in [0.3, 0.4) is 0 Å². The zero-order chi connectivity index (χ0) is 13.0. The molecule has 102 valence electrons. The molecule has 1 aliphatic rings. The van der Waals surface area contributed by atoms with E-state index in [1.165, 1.54) is 25.8 Å². The second-order valence-electron chi connectivity index (χ2n) is 5.44. The van der Waals surface area contributed by atoms with Crippen molar-refractivity contribution < 1.29 is 4.42 Å². The first-order valence-electron chi connectivity index (χ1n) is 7.19. The Morgan fingerprint density at radius 3 is 2.89 bits per heavy atom. The van der Waals surface area contributed by atoms with E-state index in [0.717, 1.165) is 24.6 Å². The maximum absolute atomic E-state index is 5.89. The van der Waals surface area contributed by atoms with Gasteiger partial charge in [-0.25, -0.2) is 0 Å². The molecule has 3 nitrogen and oxygen atoms in total. The van der Waals surface area contributed by atoms with Gasteiger partial charge in [-0.15, -0.1) is 0 Å². The van der Waals surface area contributed by atoms with Crippen LogP contribution in [-0.4, -0.2) is 31.6 Å². The van der Waals surface area contributed by atoms with Gasteiger partial charge < -0.3 is 9.73 Å². The molecule has 3 heteroatoms. The summed E-state index contributed by atoms with van der Waals surface area (Å²) in [5.41, 5.74) is 0. The zero-order valence-corrected chi connectivity index (χ0v) is 11.9. The van der Waals surface area contributed by atoms with Crippen molar-refractivity contribution in [2.45, 2.75) is 39.2 Å². The minimum absolute atomic E-state index is 0.431. The topological polar surface area (TPSA) is 28.4 Å². The first kappa shape index (κ1) is 13.6. The SMILES string of the molecule is CCNCC1CCCCN(C)C1c1ccc(C)o1. The Morgan fingerprint density at radius 1 is 1.39 bits per heavy atom. The van der Waals surface area contributed by atoms with Gasteiger partial charge in [0.05, 0.1) is 6.04 Å². The molecule has 1 saturated heterocycles. The fourth-order valence-corrected chi connectivity index (χ4v) is 3.03. The Hall–Kier alpha value is -0.800. The van der Waals surface area contributed by atoms with Crippen LogP contribution in [0.25, 0.3) is 0 Å². The largest absolute Gasteiger partial charge is 0.465 e. The van der Waals surface area contributed by atoms with E-state index < -0.39 is 0 Å². The van der Waals surface area contributed by atoms with Crippen LogP contribution < -0.4 is 5.32 Å². The predicted octanol–water partition coefficient (Wildman–Crippen LogP) is 2.97.